The first-order valence-corrected chi connectivity index (χ1v) is 19.3. The number of nitrogens with zero attached hydrogens (tertiary/aromatic N) is 1. The summed E-state index contributed by atoms with van der Waals surface area (Å²) in [4.78, 5) is 2.46. The molecule has 0 amide bonds. The van der Waals surface area contributed by atoms with Gasteiger partial charge in [0.1, 0.15) is 12.4 Å². The molecule has 0 saturated carbocycles. The largest absolute Gasteiger partial charge is 0.489 e. The number of ether oxygens (including phenoxy) is 3. The summed E-state index contributed by atoms with van der Waals surface area (Å²) in [6, 6.07) is 34.3. The van der Waals surface area contributed by atoms with Crippen LogP contribution in [0.15, 0.2) is 148 Å². The molecule has 0 atom stereocenters. The van der Waals surface area contributed by atoms with E-state index >= 15 is 0 Å². The Hall–Kier alpha value is -4.94. The van der Waals surface area contributed by atoms with Crippen LogP contribution < -0.4 is 14.8 Å². The summed E-state index contributed by atoms with van der Waals surface area (Å²) in [5.41, 5.74) is 7.04. The van der Waals surface area contributed by atoms with Crippen molar-refractivity contribution in [1.29, 1.82) is 0 Å². The normalized spacial score (nSPS) is 11.4. The van der Waals surface area contributed by atoms with Crippen molar-refractivity contribution in [2.24, 2.45) is 0 Å². The van der Waals surface area contributed by atoms with Crippen LogP contribution in [0.4, 0.5) is 5.69 Å². The quantitative estimate of drug-likeness (QED) is 0.0314. The van der Waals surface area contributed by atoms with Gasteiger partial charge in [0.25, 0.3) is 0 Å². The number of hydrogen-bond donors (Lipinski definition) is 0. The average molecular weight is 710 g/mol. The van der Waals surface area contributed by atoms with Gasteiger partial charge in [-0.3, -0.25) is 0 Å². The number of benzene rings is 4. The molecule has 0 N–H and O–H groups in total. The van der Waals surface area contributed by atoms with E-state index in [4.69, 9.17) is 14.2 Å². The van der Waals surface area contributed by atoms with Gasteiger partial charge in [-0.1, -0.05) is 127 Å². The van der Waals surface area contributed by atoms with Gasteiger partial charge in [-0.15, -0.1) is 26.3 Å². The summed E-state index contributed by atoms with van der Waals surface area (Å²) in [5, 5.41) is 1.39. The predicted octanol–water partition coefficient (Wildman–Crippen LogP) is 9.48. The van der Waals surface area contributed by atoms with Gasteiger partial charge in [-0.2, -0.15) is 0 Å². The second kappa shape index (κ2) is 22.8. The zero-order chi connectivity index (χ0) is 36.8. The topological polar surface area (TPSA) is 30.9 Å². The van der Waals surface area contributed by atoms with Crippen LogP contribution in [0.5, 0.6) is 5.75 Å². The monoisotopic (exact) mass is 709 g/mol. The molecule has 0 aromatic heterocycles. The first-order valence-electron chi connectivity index (χ1n) is 18.3. The van der Waals surface area contributed by atoms with E-state index < -0.39 is 0 Å². The lowest BCUT2D eigenvalue weighted by Gasteiger charge is -2.25. The number of unbranched alkanes of at least 4 members (excludes halogenated alkanes) is 2. The molecular weight excluding hydrogens is 655 g/mol. The molecule has 0 aliphatic carbocycles. The Kier molecular flexibility index (Phi) is 17.5. The summed E-state index contributed by atoms with van der Waals surface area (Å²) < 4.78 is 17.6. The maximum atomic E-state index is 5.96. The van der Waals surface area contributed by atoms with Crippen molar-refractivity contribution in [2.75, 3.05) is 31.2 Å². The van der Waals surface area contributed by atoms with Crippen LogP contribution in [0.2, 0.25) is 0 Å². The fourth-order valence-electron chi connectivity index (χ4n) is 5.51. The van der Waals surface area contributed by atoms with Crippen LogP contribution in [-0.4, -0.2) is 48.8 Å². The first kappa shape index (κ1) is 39.8. The highest BCUT2D eigenvalue weighted by Gasteiger charge is 2.08. The Balaban J connectivity index is 1.27. The SMILES string of the molecule is C=CC(C=C)OCCCCN(CCCCOC(C=C)C=C)c1ccc(/C=C/c2ccc(/C=C/c3ccc(OCc4ccc([SiH3])cc4)cc3)cc2)cc1. The van der Waals surface area contributed by atoms with E-state index in [0.717, 1.165) is 71.5 Å². The minimum absolute atomic E-state index is 0.0903. The van der Waals surface area contributed by atoms with Crippen LogP contribution in [0.1, 0.15) is 53.5 Å². The Labute approximate surface area is 315 Å². The minimum atomic E-state index is -0.0903. The van der Waals surface area contributed by atoms with Gasteiger partial charge in [0.15, 0.2) is 0 Å². The zero-order valence-electron chi connectivity index (χ0n) is 30.9. The Morgan fingerprint density at radius 1 is 0.519 bits per heavy atom. The van der Waals surface area contributed by atoms with Crippen molar-refractivity contribution in [3.63, 3.8) is 0 Å². The molecule has 0 saturated heterocycles. The number of rotatable bonds is 24. The number of hydrogen-bond acceptors (Lipinski definition) is 4. The summed E-state index contributed by atoms with van der Waals surface area (Å²) >= 11 is 0. The summed E-state index contributed by atoms with van der Waals surface area (Å²) in [5.74, 6) is 0.877. The molecule has 0 aliphatic rings. The highest BCUT2D eigenvalue weighted by molar-refractivity contribution is 6.32. The molecule has 0 unspecified atom stereocenters. The molecule has 0 bridgehead atoms. The van der Waals surface area contributed by atoms with Gasteiger partial charge in [0, 0.05) is 42.2 Å². The maximum Gasteiger partial charge on any atom is 0.119 e. The maximum absolute atomic E-state index is 5.96. The van der Waals surface area contributed by atoms with Gasteiger partial charge in [0.2, 0.25) is 0 Å². The summed E-state index contributed by atoms with van der Waals surface area (Å²) in [6.07, 6.45) is 19.6. The van der Waals surface area contributed by atoms with E-state index in [1.54, 1.807) is 24.3 Å². The van der Waals surface area contributed by atoms with Crippen LogP contribution in [-0.2, 0) is 16.1 Å². The van der Waals surface area contributed by atoms with E-state index in [2.05, 4.69) is 140 Å². The Bertz CT molecular complexity index is 1660. The fraction of sp³-hybridized carbons (Fsp3) is 0.234. The van der Waals surface area contributed by atoms with Crippen molar-refractivity contribution in [2.45, 2.75) is 44.5 Å². The smallest absolute Gasteiger partial charge is 0.119 e. The minimum Gasteiger partial charge on any atom is -0.489 e. The molecule has 0 radical (unpaired) electrons. The standard InChI is InChI=1S/C47H55NO3Si/c1-5-44(6-2)49-35-11-9-33-48(34-10-12-36-50-45(7-3)8-4)43-27-21-40(22-28-43)19-17-38-13-15-39(16-14-38)18-20-41-23-29-46(30-24-41)51-37-42-25-31-47(52)32-26-42/h5-8,13-32,44-45H,1-4,9-12,33-37H2,52H3/b19-17+,20-18+. The lowest BCUT2D eigenvalue weighted by Crippen LogP contribution is -2.26. The summed E-state index contributed by atoms with van der Waals surface area (Å²) in [6.45, 7) is 19.1. The molecule has 4 rings (SSSR count). The molecule has 0 spiro atoms. The Morgan fingerprint density at radius 3 is 1.35 bits per heavy atom. The van der Waals surface area contributed by atoms with E-state index in [0.29, 0.717) is 19.8 Å². The molecule has 4 aromatic rings. The summed E-state index contributed by atoms with van der Waals surface area (Å²) in [7, 11) is 1.07. The third-order valence-electron chi connectivity index (χ3n) is 8.73. The second-order valence-electron chi connectivity index (χ2n) is 12.8. The van der Waals surface area contributed by atoms with Gasteiger partial charge >= 0.3 is 0 Å². The van der Waals surface area contributed by atoms with E-state index in [1.165, 1.54) is 22.0 Å². The lowest BCUT2D eigenvalue weighted by molar-refractivity contribution is 0.112. The van der Waals surface area contributed by atoms with E-state index in [-0.39, 0.29) is 12.2 Å². The predicted molar refractivity (Wildman–Crippen MR) is 228 cm³/mol. The number of anilines is 1. The van der Waals surface area contributed by atoms with Gasteiger partial charge < -0.3 is 19.1 Å². The van der Waals surface area contributed by atoms with Crippen LogP contribution in [0.3, 0.4) is 0 Å². The van der Waals surface area contributed by atoms with Crippen molar-refractivity contribution >= 4 is 45.4 Å². The molecular formula is C47H55NO3Si. The fourth-order valence-corrected chi connectivity index (χ4v) is 5.84. The van der Waals surface area contributed by atoms with Gasteiger partial charge in [-0.25, -0.2) is 0 Å². The Morgan fingerprint density at radius 2 is 0.923 bits per heavy atom. The molecule has 4 aromatic carbocycles. The molecule has 0 heterocycles. The van der Waals surface area contributed by atoms with E-state index in [9.17, 15) is 0 Å². The lowest BCUT2D eigenvalue weighted by atomic mass is 10.1. The zero-order valence-corrected chi connectivity index (χ0v) is 32.9. The third kappa shape index (κ3) is 14.4. The van der Waals surface area contributed by atoms with Crippen molar-refractivity contribution in [3.05, 3.63) is 175 Å². The highest BCUT2D eigenvalue weighted by atomic mass is 28.1. The molecule has 270 valence electrons. The average Bonchev–Trinajstić information content (AvgIpc) is 3.19. The molecule has 5 heteroatoms. The van der Waals surface area contributed by atoms with Crippen LogP contribution in [0.25, 0.3) is 24.3 Å². The van der Waals surface area contributed by atoms with Gasteiger partial charge in [0.05, 0.1) is 12.2 Å². The van der Waals surface area contributed by atoms with Crippen LogP contribution >= 0.6 is 0 Å². The molecule has 0 fully saturated rings. The van der Waals surface area contributed by atoms with Crippen molar-refractivity contribution in [3.8, 4) is 5.75 Å². The second-order valence-corrected chi connectivity index (χ2v) is 13.9. The van der Waals surface area contributed by atoms with Crippen LogP contribution in [0, 0.1) is 0 Å². The van der Waals surface area contributed by atoms with Crippen molar-refractivity contribution < 1.29 is 14.2 Å². The molecule has 52 heavy (non-hydrogen) atoms. The van der Waals surface area contributed by atoms with Gasteiger partial charge in [-0.05, 0) is 77.8 Å². The third-order valence-corrected chi connectivity index (χ3v) is 9.40. The molecule has 4 nitrogen and oxygen atoms in total. The molecule has 0 aliphatic heterocycles. The first-order chi connectivity index (χ1) is 25.5. The van der Waals surface area contributed by atoms with E-state index in [1.807, 2.05) is 12.1 Å². The van der Waals surface area contributed by atoms with Crippen molar-refractivity contribution in [1.82, 2.24) is 0 Å². The highest BCUT2D eigenvalue weighted by Crippen LogP contribution is 2.20.